The summed E-state index contributed by atoms with van der Waals surface area (Å²) < 4.78 is 5.18. The lowest BCUT2D eigenvalue weighted by atomic mass is 9.85. The van der Waals surface area contributed by atoms with Gasteiger partial charge in [-0.05, 0) is 43.7 Å². The van der Waals surface area contributed by atoms with Crippen molar-refractivity contribution in [1.82, 2.24) is 15.5 Å². The van der Waals surface area contributed by atoms with E-state index in [9.17, 15) is 14.7 Å². The van der Waals surface area contributed by atoms with Crippen LogP contribution in [0.2, 0.25) is 0 Å². The second kappa shape index (κ2) is 9.95. The van der Waals surface area contributed by atoms with Crippen molar-refractivity contribution in [2.75, 3.05) is 26.2 Å². The summed E-state index contributed by atoms with van der Waals surface area (Å²) in [6.45, 7) is 3.81. The third-order valence-corrected chi connectivity index (χ3v) is 6.05. The summed E-state index contributed by atoms with van der Waals surface area (Å²) in [5, 5.41) is 16.4. The number of allylic oxidation sites excluding steroid dienone is 2. The van der Waals surface area contributed by atoms with Crippen LogP contribution in [0.5, 0.6) is 0 Å². The van der Waals surface area contributed by atoms with E-state index in [-0.39, 0.29) is 66.0 Å². The van der Waals surface area contributed by atoms with E-state index in [4.69, 9.17) is 4.42 Å². The first kappa shape index (κ1) is 22.8. The zero-order valence-corrected chi connectivity index (χ0v) is 19.3. The van der Waals surface area contributed by atoms with Crippen LogP contribution in [-0.2, 0) is 9.59 Å². The molecule has 8 nitrogen and oxygen atoms in total. The van der Waals surface area contributed by atoms with Crippen LogP contribution in [0.3, 0.4) is 0 Å². The summed E-state index contributed by atoms with van der Waals surface area (Å²) in [6, 6.07) is 3.43. The normalized spacial score (nSPS) is 27.9. The topological polar surface area (TPSA) is 107 Å². The number of likely N-dealkylation sites (tertiary alicyclic amines) is 1. The molecule has 2 bridgehead atoms. The van der Waals surface area contributed by atoms with E-state index in [1.54, 1.807) is 12.1 Å². The Bertz CT molecular complexity index is 780. The third-order valence-electron chi connectivity index (χ3n) is 6.05. The fraction of sp³-hybridized carbons (Fsp3) is 0.571. The maximum atomic E-state index is 12.7. The number of carbonyl (C=O) groups excluding carboxylic acids is 2. The number of furan rings is 1. The summed E-state index contributed by atoms with van der Waals surface area (Å²) >= 11 is 0. The van der Waals surface area contributed by atoms with Gasteiger partial charge in [-0.25, -0.2) is 0 Å². The van der Waals surface area contributed by atoms with Crippen LogP contribution in [-0.4, -0.2) is 54.0 Å². The zero-order valence-electron chi connectivity index (χ0n) is 17.0. The Morgan fingerprint density at radius 3 is 2.57 bits per heavy atom. The number of aliphatic hydroxyl groups excluding tert-OH is 1. The second-order valence-corrected chi connectivity index (χ2v) is 7.86. The molecule has 3 aliphatic rings. The van der Waals surface area contributed by atoms with E-state index < -0.39 is 6.10 Å². The molecule has 9 heteroatoms. The summed E-state index contributed by atoms with van der Waals surface area (Å²) in [5.74, 6) is 1.29. The van der Waals surface area contributed by atoms with Crippen molar-refractivity contribution in [3.8, 4) is 0 Å². The number of hydrogen-bond acceptors (Lipinski definition) is 5. The van der Waals surface area contributed by atoms with Gasteiger partial charge in [0.1, 0.15) is 11.9 Å². The van der Waals surface area contributed by atoms with Crippen molar-refractivity contribution in [2.45, 2.75) is 25.9 Å². The van der Waals surface area contributed by atoms with Gasteiger partial charge in [-0.15, -0.1) is 24.0 Å². The molecule has 2 amide bonds. The quantitative estimate of drug-likeness (QED) is 0.118. The van der Waals surface area contributed by atoms with Crippen LogP contribution in [0.4, 0.5) is 0 Å². The highest BCUT2D eigenvalue weighted by Gasteiger charge is 2.58. The molecule has 30 heavy (non-hydrogen) atoms. The molecule has 3 N–H and O–H groups in total. The number of rotatable bonds is 8. The summed E-state index contributed by atoms with van der Waals surface area (Å²) in [7, 11) is 0. The molecular formula is C21H29IN4O4. The number of hydrogen-bond donors (Lipinski definition) is 3. The van der Waals surface area contributed by atoms with Crippen molar-refractivity contribution < 1.29 is 19.1 Å². The summed E-state index contributed by atoms with van der Waals surface area (Å²) in [4.78, 5) is 31.2. The highest BCUT2D eigenvalue weighted by molar-refractivity contribution is 14.0. The van der Waals surface area contributed by atoms with Crippen LogP contribution in [0.1, 0.15) is 31.6 Å². The molecule has 0 aromatic carbocycles. The van der Waals surface area contributed by atoms with Gasteiger partial charge in [0.2, 0.25) is 11.8 Å². The van der Waals surface area contributed by atoms with E-state index in [1.807, 2.05) is 6.92 Å². The van der Waals surface area contributed by atoms with E-state index in [0.29, 0.717) is 37.8 Å². The Kier molecular flexibility index (Phi) is 7.56. The molecule has 5 atom stereocenters. The van der Waals surface area contributed by atoms with Gasteiger partial charge < -0.3 is 20.2 Å². The van der Waals surface area contributed by atoms with E-state index in [0.717, 1.165) is 6.42 Å². The number of carbonyl (C=O) groups is 2. The maximum absolute atomic E-state index is 12.7. The Hall–Kier alpha value is -1.88. The van der Waals surface area contributed by atoms with Crippen LogP contribution in [0, 0.1) is 23.7 Å². The molecule has 2 heterocycles. The van der Waals surface area contributed by atoms with Gasteiger partial charge in [-0.1, -0.05) is 12.2 Å². The number of fused-ring (bicyclic) bond motifs is 5. The molecule has 4 rings (SSSR count). The average Bonchev–Trinajstić information content (AvgIpc) is 3.49. The predicted molar refractivity (Wildman–Crippen MR) is 122 cm³/mol. The highest BCUT2D eigenvalue weighted by atomic mass is 127. The number of halogens is 1. The van der Waals surface area contributed by atoms with Gasteiger partial charge in [0.15, 0.2) is 5.96 Å². The van der Waals surface area contributed by atoms with Gasteiger partial charge in [0.05, 0.1) is 24.6 Å². The number of guanidine groups is 1. The number of amides is 2. The molecule has 0 spiro atoms. The van der Waals surface area contributed by atoms with E-state index in [1.165, 1.54) is 11.2 Å². The first-order valence-electron chi connectivity index (χ1n) is 10.4. The Morgan fingerprint density at radius 2 is 1.97 bits per heavy atom. The van der Waals surface area contributed by atoms with Crippen LogP contribution >= 0.6 is 24.0 Å². The lowest BCUT2D eigenvalue weighted by Gasteiger charge is -2.18. The van der Waals surface area contributed by atoms with Gasteiger partial charge in [0, 0.05) is 19.6 Å². The predicted octanol–water partition coefficient (Wildman–Crippen LogP) is 1.68. The molecule has 1 saturated heterocycles. The maximum Gasteiger partial charge on any atom is 0.233 e. The minimum Gasteiger partial charge on any atom is -0.467 e. The lowest BCUT2D eigenvalue weighted by Crippen LogP contribution is -2.40. The number of nitrogens with zero attached hydrogens (tertiary/aromatic N) is 2. The van der Waals surface area contributed by atoms with E-state index >= 15 is 0 Å². The first-order chi connectivity index (χ1) is 14.1. The Morgan fingerprint density at radius 1 is 1.27 bits per heavy atom. The monoisotopic (exact) mass is 528 g/mol. The summed E-state index contributed by atoms with van der Waals surface area (Å²) in [6.07, 6.45) is 6.53. The van der Waals surface area contributed by atoms with Crippen LogP contribution in [0.25, 0.3) is 0 Å². The van der Waals surface area contributed by atoms with Gasteiger partial charge in [-0.3, -0.25) is 19.5 Å². The lowest BCUT2D eigenvalue weighted by molar-refractivity contribution is -0.140. The van der Waals surface area contributed by atoms with Gasteiger partial charge in [0.25, 0.3) is 0 Å². The Labute approximate surface area is 193 Å². The minimum absolute atomic E-state index is 0. The highest BCUT2D eigenvalue weighted by Crippen LogP contribution is 2.52. The minimum atomic E-state index is -0.802. The molecule has 1 aliphatic heterocycles. The Balaban J connectivity index is 0.00000256. The van der Waals surface area contributed by atoms with Crippen LogP contribution in [0.15, 0.2) is 40.0 Å². The molecular weight excluding hydrogens is 499 g/mol. The molecule has 0 radical (unpaired) electrons. The fourth-order valence-corrected chi connectivity index (χ4v) is 4.72. The smallest absolute Gasteiger partial charge is 0.233 e. The SMILES string of the molecule is CCNC(=NCC(O)c1ccco1)NCCCN1C(=O)C2C3C=CC(C3)C2C1=O.I. The number of aliphatic imine (C=N–C) groups is 1. The van der Waals surface area contributed by atoms with Crippen molar-refractivity contribution in [3.63, 3.8) is 0 Å². The fourth-order valence-electron chi connectivity index (χ4n) is 4.72. The summed E-state index contributed by atoms with van der Waals surface area (Å²) in [5.41, 5.74) is 0. The third kappa shape index (κ3) is 4.41. The standard InChI is InChI=1S/C21H28N4O4.HI/c1-2-22-21(24-12-15(26)16-5-3-10-29-16)23-8-4-9-25-19(27)17-13-6-7-14(11-13)18(17)20(25)28;/h3,5-7,10,13-15,17-18,26H,2,4,8-9,11-12H2,1H3,(H2,22,23,24);1H. The largest absolute Gasteiger partial charge is 0.467 e. The first-order valence-corrected chi connectivity index (χ1v) is 10.4. The average molecular weight is 528 g/mol. The van der Waals surface area contributed by atoms with Crippen molar-refractivity contribution in [2.24, 2.45) is 28.7 Å². The van der Waals surface area contributed by atoms with Crippen molar-refractivity contribution >= 4 is 41.8 Å². The van der Waals surface area contributed by atoms with Gasteiger partial charge >= 0.3 is 0 Å². The molecule has 1 saturated carbocycles. The molecule has 2 aliphatic carbocycles. The van der Waals surface area contributed by atoms with E-state index in [2.05, 4.69) is 27.8 Å². The molecule has 1 aromatic heterocycles. The van der Waals surface area contributed by atoms with Gasteiger partial charge in [-0.2, -0.15) is 0 Å². The molecule has 5 unspecified atom stereocenters. The van der Waals surface area contributed by atoms with Crippen molar-refractivity contribution in [1.29, 1.82) is 0 Å². The second-order valence-electron chi connectivity index (χ2n) is 7.86. The van der Waals surface area contributed by atoms with Crippen molar-refractivity contribution in [3.05, 3.63) is 36.3 Å². The molecule has 1 aromatic rings. The molecule has 2 fully saturated rings. The molecule has 164 valence electrons. The van der Waals surface area contributed by atoms with Crippen LogP contribution < -0.4 is 10.6 Å². The number of nitrogens with one attached hydrogen (secondary N) is 2. The number of imide groups is 1. The number of aliphatic hydroxyl groups is 1. The zero-order chi connectivity index (χ0) is 20.4.